The number of methoxy groups -OCH3 is 2. The number of rotatable bonds is 12. The number of benzene rings is 2. The Morgan fingerprint density at radius 2 is 1.75 bits per heavy atom. The van der Waals surface area contributed by atoms with E-state index in [-0.39, 0.29) is 0 Å². The normalized spacial score (nSPS) is 14.0. The molecule has 15 heteroatoms. The highest BCUT2D eigenvalue weighted by Gasteiger charge is 2.23. The van der Waals surface area contributed by atoms with Gasteiger partial charge in [-0.2, -0.15) is 10.1 Å². The predicted molar refractivity (Wildman–Crippen MR) is 177 cm³/mol. The second-order valence-electron chi connectivity index (χ2n) is 10.4. The Morgan fingerprint density at radius 3 is 2.41 bits per heavy atom. The number of nitrogens with one attached hydrogen (secondary N) is 3. The maximum Gasteiger partial charge on any atom is 0.229 e. The molecule has 44 heavy (non-hydrogen) atoms. The first-order valence-corrected chi connectivity index (χ1v) is 16.6. The van der Waals surface area contributed by atoms with Gasteiger partial charge in [-0.3, -0.25) is 14.3 Å². The summed E-state index contributed by atoms with van der Waals surface area (Å²) in [4.78, 5) is 13.9. The molecule has 5 rings (SSSR count). The van der Waals surface area contributed by atoms with Crippen LogP contribution in [0.1, 0.15) is 0 Å². The lowest BCUT2D eigenvalue weighted by Crippen LogP contribution is -2.47. The fourth-order valence-corrected chi connectivity index (χ4v) is 5.83. The molecule has 4 aromatic rings. The molecule has 0 bridgehead atoms. The predicted octanol–water partition coefficient (Wildman–Crippen LogP) is 4.28. The van der Waals surface area contributed by atoms with Crippen LogP contribution in [0.15, 0.2) is 59.5 Å². The molecule has 2 aromatic carbocycles. The summed E-state index contributed by atoms with van der Waals surface area (Å²) in [6.07, 6.45) is 6.57. The molecule has 0 spiro atoms. The van der Waals surface area contributed by atoms with E-state index < -0.39 is 10.0 Å². The molecule has 0 atom stereocenters. The lowest BCUT2D eigenvalue weighted by Gasteiger charge is -2.37. The van der Waals surface area contributed by atoms with Crippen molar-refractivity contribution >= 4 is 60.5 Å². The van der Waals surface area contributed by atoms with E-state index in [0.29, 0.717) is 45.7 Å². The highest BCUT2D eigenvalue weighted by atomic mass is 79.9. The fraction of sp³-hybridized carbons (Fsp3) is 0.345. The van der Waals surface area contributed by atoms with Crippen LogP contribution in [0.4, 0.5) is 34.5 Å². The van der Waals surface area contributed by atoms with Crippen LogP contribution in [0, 0.1) is 0 Å². The first kappa shape index (κ1) is 31.5. The molecule has 1 saturated heterocycles. The topological polar surface area (TPSA) is 139 Å². The van der Waals surface area contributed by atoms with Gasteiger partial charge < -0.3 is 25.0 Å². The van der Waals surface area contributed by atoms with Gasteiger partial charge in [0.15, 0.2) is 0 Å². The third-order valence-corrected chi connectivity index (χ3v) is 8.30. The molecular weight excluding hydrogens is 650 g/mol. The molecule has 13 nitrogen and oxygen atoms in total. The first-order chi connectivity index (χ1) is 21.1. The molecule has 1 fully saturated rings. The summed E-state index contributed by atoms with van der Waals surface area (Å²) in [5.41, 5.74) is 4.65. The highest BCUT2D eigenvalue weighted by molar-refractivity contribution is 9.10. The van der Waals surface area contributed by atoms with E-state index >= 15 is 0 Å². The standard InChI is InChI=1S/C29H36BrN9O4S/c1-37-19-20(17-32-37)21-15-25(27(43-3)16-26(21)39-11-9-38(10-12-39)13-14-42-2)34-29-31-18-22(30)28(35-29)33-23-7-5-6-8-24(23)36-44(4,40)41/h5-8,15-19,36H,9-14H2,1-4H3,(H2,31,33,34,35). The van der Waals surface area contributed by atoms with E-state index in [0.717, 1.165) is 55.8 Å². The van der Waals surface area contributed by atoms with Gasteiger partial charge in [-0.15, -0.1) is 0 Å². The molecule has 0 aliphatic carbocycles. The van der Waals surface area contributed by atoms with Crippen molar-refractivity contribution in [2.45, 2.75) is 0 Å². The summed E-state index contributed by atoms with van der Waals surface area (Å²) < 4.78 is 39.8. The average Bonchev–Trinajstić information content (AvgIpc) is 3.44. The molecule has 1 aliphatic heterocycles. The number of halogens is 1. The number of aromatic nitrogens is 4. The van der Waals surface area contributed by atoms with Crippen LogP contribution >= 0.6 is 15.9 Å². The Kier molecular flexibility index (Phi) is 9.88. The average molecular weight is 687 g/mol. The molecule has 0 saturated carbocycles. The van der Waals surface area contributed by atoms with Crippen LogP contribution in [0.5, 0.6) is 5.75 Å². The van der Waals surface area contributed by atoms with Crippen LogP contribution in [-0.4, -0.2) is 92.9 Å². The second kappa shape index (κ2) is 13.8. The van der Waals surface area contributed by atoms with Crippen molar-refractivity contribution in [2.75, 3.05) is 80.1 Å². The second-order valence-corrected chi connectivity index (χ2v) is 13.0. The number of para-hydroxylation sites is 2. The lowest BCUT2D eigenvalue weighted by molar-refractivity contribution is 0.144. The Balaban J connectivity index is 1.45. The van der Waals surface area contributed by atoms with E-state index in [1.807, 2.05) is 31.6 Å². The van der Waals surface area contributed by atoms with E-state index in [4.69, 9.17) is 9.47 Å². The van der Waals surface area contributed by atoms with Crippen LogP contribution in [-0.2, 0) is 21.8 Å². The van der Waals surface area contributed by atoms with Crippen molar-refractivity contribution < 1.29 is 17.9 Å². The Morgan fingerprint density at radius 1 is 1.00 bits per heavy atom. The number of ether oxygens (including phenoxy) is 2. The number of hydrogen-bond donors (Lipinski definition) is 3. The van der Waals surface area contributed by atoms with Crippen molar-refractivity contribution in [2.24, 2.45) is 7.05 Å². The molecule has 0 amide bonds. The van der Waals surface area contributed by atoms with Gasteiger partial charge in [-0.1, -0.05) is 12.1 Å². The zero-order valence-corrected chi connectivity index (χ0v) is 27.4. The van der Waals surface area contributed by atoms with Crippen molar-refractivity contribution in [3.05, 3.63) is 59.5 Å². The van der Waals surface area contributed by atoms with Gasteiger partial charge in [0.1, 0.15) is 11.6 Å². The van der Waals surface area contributed by atoms with Gasteiger partial charge in [0.25, 0.3) is 0 Å². The zero-order chi connectivity index (χ0) is 31.3. The van der Waals surface area contributed by atoms with Gasteiger partial charge in [0.05, 0.1) is 47.7 Å². The smallest absolute Gasteiger partial charge is 0.229 e. The lowest BCUT2D eigenvalue weighted by atomic mass is 10.0. The van der Waals surface area contributed by atoms with Gasteiger partial charge >= 0.3 is 0 Å². The van der Waals surface area contributed by atoms with E-state index in [1.165, 1.54) is 0 Å². The summed E-state index contributed by atoms with van der Waals surface area (Å²) in [6.45, 7) is 5.23. The molecule has 234 valence electrons. The fourth-order valence-electron chi connectivity index (χ4n) is 4.97. The van der Waals surface area contributed by atoms with Crippen molar-refractivity contribution in [1.82, 2.24) is 24.6 Å². The summed E-state index contributed by atoms with van der Waals surface area (Å²) in [7, 11) is 1.78. The third kappa shape index (κ3) is 7.77. The zero-order valence-electron chi connectivity index (χ0n) is 25.0. The molecule has 3 heterocycles. The minimum atomic E-state index is -3.48. The maximum absolute atomic E-state index is 11.9. The first-order valence-electron chi connectivity index (χ1n) is 13.9. The molecular formula is C29H36BrN9O4S. The van der Waals surface area contributed by atoms with Crippen molar-refractivity contribution in [3.63, 3.8) is 0 Å². The monoisotopic (exact) mass is 685 g/mol. The third-order valence-electron chi connectivity index (χ3n) is 7.12. The van der Waals surface area contributed by atoms with Gasteiger partial charge in [-0.25, -0.2) is 13.4 Å². The van der Waals surface area contributed by atoms with Crippen molar-refractivity contribution in [3.8, 4) is 16.9 Å². The van der Waals surface area contributed by atoms with Crippen LogP contribution < -0.4 is 25.0 Å². The number of piperazine rings is 1. The summed E-state index contributed by atoms with van der Waals surface area (Å²) in [6, 6.07) is 11.1. The van der Waals surface area contributed by atoms with Gasteiger partial charge in [0.2, 0.25) is 16.0 Å². The van der Waals surface area contributed by atoms with Crippen molar-refractivity contribution in [1.29, 1.82) is 0 Å². The Hall–Kier alpha value is -3.92. The number of hydrogen-bond acceptors (Lipinski definition) is 11. The van der Waals surface area contributed by atoms with Crippen LogP contribution in [0.2, 0.25) is 0 Å². The molecule has 0 radical (unpaired) electrons. The van der Waals surface area contributed by atoms with Gasteiger partial charge in [-0.05, 0) is 34.1 Å². The number of sulfonamides is 1. The molecule has 2 aromatic heterocycles. The summed E-state index contributed by atoms with van der Waals surface area (Å²) >= 11 is 3.50. The molecule has 3 N–H and O–H groups in total. The summed E-state index contributed by atoms with van der Waals surface area (Å²) in [5.74, 6) is 1.40. The number of aryl methyl sites for hydroxylation is 1. The maximum atomic E-state index is 11.9. The summed E-state index contributed by atoms with van der Waals surface area (Å²) in [5, 5.41) is 10.9. The minimum absolute atomic E-state index is 0.319. The number of anilines is 6. The van der Waals surface area contributed by atoms with E-state index in [1.54, 1.807) is 49.4 Å². The van der Waals surface area contributed by atoms with E-state index in [2.05, 4.69) is 56.2 Å². The molecule has 1 aliphatic rings. The van der Waals surface area contributed by atoms with Crippen LogP contribution in [0.3, 0.4) is 0 Å². The molecule has 0 unspecified atom stereocenters. The Bertz CT molecular complexity index is 1710. The highest BCUT2D eigenvalue weighted by Crippen LogP contribution is 2.41. The van der Waals surface area contributed by atoms with Crippen LogP contribution in [0.25, 0.3) is 11.1 Å². The largest absolute Gasteiger partial charge is 0.494 e. The van der Waals surface area contributed by atoms with E-state index in [9.17, 15) is 8.42 Å². The Labute approximate surface area is 265 Å². The van der Waals surface area contributed by atoms with Gasteiger partial charge in [0, 0.05) is 82.2 Å². The minimum Gasteiger partial charge on any atom is -0.494 e. The number of nitrogens with zero attached hydrogens (tertiary/aromatic N) is 6. The quantitative estimate of drug-likeness (QED) is 0.197. The SMILES string of the molecule is COCCN1CCN(c2cc(OC)c(Nc3ncc(Br)c(Nc4ccccc4NS(C)(=O)=O)n3)cc2-c2cnn(C)c2)CC1.